The summed E-state index contributed by atoms with van der Waals surface area (Å²) >= 11 is 0. The number of aromatic nitrogens is 3. The van der Waals surface area contributed by atoms with E-state index in [4.69, 9.17) is 4.98 Å². The molecule has 3 heteroatoms. The van der Waals surface area contributed by atoms with Gasteiger partial charge in [0.2, 0.25) is 0 Å². The molecule has 0 unspecified atom stereocenters. The molecule has 0 aliphatic rings. The van der Waals surface area contributed by atoms with Gasteiger partial charge in [0.15, 0.2) is 0 Å². The number of benzene rings is 7. The van der Waals surface area contributed by atoms with Crippen molar-refractivity contribution in [2.24, 2.45) is 0 Å². The van der Waals surface area contributed by atoms with Gasteiger partial charge in [-0.2, -0.15) is 0 Å². The van der Waals surface area contributed by atoms with Gasteiger partial charge in [-0.25, -0.2) is 4.98 Å². The maximum Gasteiger partial charge on any atom is 0.145 e. The van der Waals surface area contributed by atoms with Gasteiger partial charge in [0.25, 0.3) is 0 Å². The van der Waals surface area contributed by atoms with Crippen molar-refractivity contribution in [1.82, 2.24) is 14.0 Å². The molecule has 10 rings (SSSR count). The average molecular weight is 586 g/mol. The minimum atomic E-state index is 0.944. The Hall–Kier alpha value is -6.19. The van der Waals surface area contributed by atoms with Crippen LogP contribution in [0.15, 0.2) is 164 Å². The average Bonchev–Trinajstić information content (AvgIpc) is 3.79. The molecule has 0 fully saturated rings. The van der Waals surface area contributed by atoms with Crippen LogP contribution in [0.5, 0.6) is 0 Å². The van der Waals surface area contributed by atoms with Gasteiger partial charge >= 0.3 is 0 Å². The SMILES string of the molecule is c1ccc(-n2c(-c3ccc(-c4cccc(-c5ccc6c(c5)c5cccc7c8ccccc8n6c75)c4)cc3)nc3ccccc32)cc1. The smallest absolute Gasteiger partial charge is 0.145 e. The van der Waals surface area contributed by atoms with Crippen molar-refractivity contribution in [1.29, 1.82) is 0 Å². The van der Waals surface area contributed by atoms with Gasteiger partial charge in [-0.05, 0) is 70.8 Å². The van der Waals surface area contributed by atoms with Crippen LogP contribution in [0.1, 0.15) is 0 Å². The highest BCUT2D eigenvalue weighted by molar-refractivity contribution is 6.23. The fraction of sp³-hybridized carbons (Fsp3) is 0. The summed E-state index contributed by atoms with van der Waals surface area (Å²) in [4.78, 5) is 5.05. The summed E-state index contributed by atoms with van der Waals surface area (Å²) in [5.41, 5.74) is 12.9. The molecule has 0 saturated heterocycles. The fourth-order valence-corrected chi connectivity index (χ4v) is 7.36. The zero-order valence-electron chi connectivity index (χ0n) is 24.9. The van der Waals surface area contributed by atoms with Crippen LogP contribution < -0.4 is 0 Å². The molecule has 0 saturated carbocycles. The van der Waals surface area contributed by atoms with E-state index in [1.165, 1.54) is 60.3 Å². The topological polar surface area (TPSA) is 22.2 Å². The second-order valence-corrected chi connectivity index (χ2v) is 12.0. The van der Waals surface area contributed by atoms with Gasteiger partial charge in [-0.3, -0.25) is 4.57 Å². The molecule has 0 aliphatic heterocycles. The van der Waals surface area contributed by atoms with E-state index in [2.05, 4.69) is 161 Å². The Bertz CT molecular complexity index is 2730. The summed E-state index contributed by atoms with van der Waals surface area (Å²) in [6, 6.07) is 58.8. The van der Waals surface area contributed by atoms with Crippen LogP contribution in [0.3, 0.4) is 0 Å². The van der Waals surface area contributed by atoms with Crippen molar-refractivity contribution in [3.8, 4) is 39.3 Å². The van der Waals surface area contributed by atoms with Gasteiger partial charge in [-0.1, -0.05) is 115 Å². The lowest BCUT2D eigenvalue weighted by molar-refractivity contribution is 1.10. The molecule has 46 heavy (non-hydrogen) atoms. The number of hydrogen-bond acceptors (Lipinski definition) is 1. The standard InChI is InChI=1S/C43H27N3/c1-2-12-33(13-3-1)45-41-19-7-5-17-38(41)44-43(45)29-22-20-28(21-23-29)30-10-8-11-31(26-30)32-24-25-40-37(27-32)36-16-9-15-35-34-14-4-6-18-39(34)46(40)42(35)36/h1-27H. The van der Waals surface area contributed by atoms with Crippen molar-refractivity contribution >= 4 is 49.1 Å². The number of hydrogen-bond donors (Lipinski definition) is 0. The van der Waals surface area contributed by atoms with Crippen LogP contribution in [0.25, 0.3) is 88.5 Å². The molecule has 0 N–H and O–H groups in total. The van der Waals surface area contributed by atoms with Crippen molar-refractivity contribution < 1.29 is 0 Å². The quantitative estimate of drug-likeness (QED) is 0.201. The normalized spacial score (nSPS) is 11.9. The number of imidazole rings is 1. The first-order valence-corrected chi connectivity index (χ1v) is 15.7. The Morgan fingerprint density at radius 2 is 0.957 bits per heavy atom. The van der Waals surface area contributed by atoms with Gasteiger partial charge in [-0.15, -0.1) is 0 Å². The van der Waals surface area contributed by atoms with Gasteiger partial charge < -0.3 is 4.40 Å². The number of rotatable bonds is 4. The molecule has 0 radical (unpaired) electrons. The van der Waals surface area contributed by atoms with Crippen LogP contribution in [0.4, 0.5) is 0 Å². The van der Waals surface area contributed by atoms with Gasteiger partial charge in [0, 0.05) is 32.8 Å². The second kappa shape index (κ2) is 9.65. The molecule has 0 spiro atoms. The van der Waals surface area contributed by atoms with Crippen molar-refractivity contribution in [2.45, 2.75) is 0 Å². The Labute approximate surface area is 265 Å². The van der Waals surface area contributed by atoms with Crippen molar-refractivity contribution in [3.05, 3.63) is 164 Å². The van der Waals surface area contributed by atoms with Crippen LogP contribution >= 0.6 is 0 Å². The van der Waals surface area contributed by atoms with Crippen molar-refractivity contribution in [2.75, 3.05) is 0 Å². The van der Waals surface area contributed by atoms with E-state index in [0.717, 1.165) is 28.1 Å². The lowest BCUT2D eigenvalue weighted by Crippen LogP contribution is -1.97. The zero-order chi connectivity index (χ0) is 30.2. The number of fused-ring (bicyclic) bond motifs is 7. The second-order valence-electron chi connectivity index (χ2n) is 12.0. The number of nitrogens with zero attached hydrogens (tertiary/aromatic N) is 3. The highest BCUT2D eigenvalue weighted by Gasteiger charge is 2.18. The van der Waals surface area contributed by atoms with Crippen molar-refractivity contribution in [3.63, 3.8) is 0 Å². The van der Waals surface area contributed by atoms with Gasteiger partial charge in [0.05, 0.1) is 27.6 Å². The maximum absolute atomic E-state index is 5.05. The highest BCUT2D eigenvalue weighted by Crippen LogP contribution is 2.40. The lowest BCUT2D eigenvalue weighted by Gasteiger charge is -2.11. The summed E-state index contributed by atoms with van der Waals surface area (Å²) < 4.78 is 4.68. The first-order valence-electron chi connectivity index (χ1n) is 15.7. The van der Waals surface area contributed by atoms with Crippen LogP contribution in [-0.2, 0) is 0 Å². The number of para-hydroxylation sites is 5. The third-order valence-corrected chi connectivity index (χ3v) is 9.47. The monoisotopic (exact) mass is 585 g/mol. The molecule has 7 aromatic carbocycles. The van der Waals surface area contributed by atoms with E-state index in [1.54, 1.807) is 0 Å². The first kappa shape index (κ1) is 25.2. The first-order chi connectivity index (χ1) is 22.8. The molecule has 3 heterocycles. The molecule has 10 aromatic rings. The predicted octanol–water partition coefficient (Wildman–Crippen LogP) is 11.2. The van der Waals surface area contributed by atoms with E-state index in [9.17, 15) is 0 Å². The molecular formula is C43H27N3. The maximum atomic E-state index is 5.05. The molecule has 3 aromatic heterocycles. The Morgan fingerprint density at radius 1 is 0.370 bits per heavy atom. The summed E-state index contributed by atoms with van der Waals surface area (Å²) in [6.45, 7) is 0. The molecular weight excluding hydrogens is 558 g/mol. The predicted molar refractivity (Wildman–Crippen MR) is 192 cm³/mol. The summed E-state index contributed by atoms with van der Waals surface area (Å²) in [7, 11) is 0. The minimum Gasteiger partial charge on any atom is -0.308 e. The molecule has 0 amide bonds. The summed E-state index contributed by atoms with van der Waals surface area (Å²) in [6.07, 6.45) is 0. The summed E-state index contributed by atoms with van der Waals surface area (Å²) in [5, 5.41) is 5.22. The zero-order valence-corrected chi connectivity index (χ0v) is 24.9. The van der Waals surface area contributed by atoms with E-state index in [-0.39, 0.29) is 0 Å². The largest absolute Gasteiger partial charge is 0.308 e. The van der Waals surface area contributed by atoms with E-state index in [0.29, 0.717) is 0 Å². The van der Waals surface area contributed by atoms with E-state index >= 15 is 0 Å². The Balaban J connectivity index is 1.05. The van der Waals surface area contributed by atoms with Gasteiger partial charge in [0.1, 0.15) is 5.82 Å². The fourth-order valence-electron chi connectivity index (χ4n) is 7.36. The van der Waals surface area contributed by atoms with Crippen LogP contribution in [0.2, 0.25) is 0 Å². The van der Waals surface area contributed by atoms with E-state index < -0.39 is 0 Å². The van der Waals surface area contributed by atoms with Crippen LogP contribution in [-0.4, -0.2) is 14.0 Å². The minimum absolute atomic E-state index is 0.944. The molecule has 0 bridgehead atoms. The highest BCUT2D eigenvalue weighted by atomic mass is 15.1. The molecule has 214 valence electrons. The molecule has 3 nitrogen and oxygen atoms in total. The molecule has 0 atom stereocenters. The Kier molecular flexibility index (Phi) is 5.28. The summed E-state index contributed by atoms with van der Waals surface area (Å²) in [5.74, 6) is 0.944. The third-order valence-electron chi connectivity index (χ3n) is 9.47. The van der Waals surface area contributed by atoms with E-state index in [1.807, 2.05) is 12.1 Å². The molecule has 0 aliphatic carbocycles. The Morgan fingerprint density at radius 3 is 1.80 bits per heavy atom. The van der Waals surface area contributed by atoms with Crippen LogP contribution in [0, 0.1) is 0 Å². The third kappa shape index (κ3) is 3.63. The lowest BCUT2D eigenvalue weighted by atomic mass is 9.97.